The van der Waals surface area contributed by atoms with E-state index in [0.29, 0.717) is 0 Å². The first kappa shape index (κ1) is 15.6. The van der Waals surface area contributed by atoms with E-state index in [1.165, 1.54) is 55.9 Å². The van der Waals surface area contributed by atoms with Gasteiger partial charge in [-0.05, 0) is 49.3 Å². The van der Waals surface area contributed by atoms with E-state index in [0.717, 1.165) is 0 Å². The van der Waals surface area contributed by atoms with E-state index in [2.05, 4.69) is 65.0 Å². The zero-order valence-corrected chi connectivity index (χ0v) is 14.2. The van der Waals surface area contributed by atoms with Crippen LogP contribution in [-0.4, -0.2) is 30.1 Å². The summed E-state index contributed by atoms with van der Waals surface area (Å²) in [7, 11) is 0. The van der Waals surface area contributed by atoms with E-state index in [9.17, 15) is 0 Å². The Hall–Kier alpha value is -1.32. The van der Waals surface area contributed by atoms with Gasteiger partial charge >= 0.3 is 0 Å². The zero-order valence-electron chi connectivity index (χ0n) is 13.4. The highest BCUT2D eigenvalue weighted by atomic mass is 32.1. The molecule has 0 spiro atoms. The minimum absolute atomic E-state index is 0.279. The first-order valence-electron chi connectivity index (χ1n) is 8.38. The molecule has 0 saturated carbocycles. The standard InChI is InChI=1S/C19H26N2S/c1-2-19(20-17-7-4-3-5-8-17)11-14-21(15-12-19)13-10-18-9-6-16-22-18/h3-9,16,20H,2,10-15H2,1H3. The molecule has 118 valence electrons. The Bertz CT molecular complexity index is 542. The smallest absolute Gasteiger partial charge is 0.0395 e. The van der Waals surface area contributed by atoms with Crippen molar-refractivity contribution < 1.29 is 0 Å². The average Bonchev–Trinajstić information content (AvgIpc) is 3.09. The summed E-state index contributed by atoms with van der Waals surface area (Å²) in [6, 6.07) is 15.1. The van der Waals surface area contributed by atoms with Crippen molar-refractivity contribution in [3.05, 3.63) is 52.7 Å². The molecule has 1 fully saturated rings. The highest BCUT2D eigenvalue weighted by Gasteiger charge is 2.32. The summed E-state index contributed by atoms with van der Waals surface area (Å²) in [6.45, 7) is 5.93. The van der Waals surface area contributed by atoms with Crippen LogP contribution in [0.2, 0.25) is 0 Å². The fraction of sp³-hybridized carbons (Fsp3) is 0.474. The van der Waals surface area contributed by atoms with Gasteiger partial charge in [0.15, 0.2) is 0 Å². The van der Waals surface area contributed by atoms with E-state index >= 15 is 0 Å². The number of anilines is 1. The highest BCUT2D eigenvalue weighted by Crippen LogP contribution is 2.30. The predicted molar refractivity (Wildman–Crippen MR) is 96.8 cm³/mol. The van der Waals surface area contributed by atoms with Crippen LogP contribution in [0.3, 0.4) is 0 Å². The molecule has 22 heavy (non-hydrogen) atoms. The van der Waals surface area contributed by atoms with E-state index in [-0.39, 0.29) is 5.54 Å². The van der Waals surface area contributed by atoms with Gasteiger partial charge in [-0.25, -0.2) is 0 Å². The van der Waals surface area contributed by atoms with Gasteiger partial charge in [-0.15, -0.1) is 11.3 Å². The van der Waals surface area contributed by atoms with Crippen LogP contribution < -0.4 is 5.32 Å². The van der Waals surface area contributed by atoms with Crippen LogP contribution >= 0.6 is 11.3 Å². The molecular weight excluding hydrogens is 288 g/mol. The van der Waals surface area contributed by atoms with E-state index in [1.54, 1.807) is 0 Å². The number of nitrogens with zero attached hydrogens (tertiary/aromatic N) is 1. The highest BCUT2D eigenvalue weighted by molar-refractivity contribution is 7.09. The summed E-state index contributed by atoms with van der Waals surface area (Å²) < 4.78 is 0. The molecule has 1 aromatic carbocycles. The van der Waals surface area contributed by atoms with E-state index in [1.807, 2.05) is 11.3 Å². The van der Waals surface area contributed by atoms with Crippen LogP contribution in [0.1, 0.15) is 31.1 Å². The molecule has 0 unspecified atom stereocenters. The quantitative estimate of drug-likeness (QED) is 0.835. The van der Waals surface area contributed by atoms with Crippen molar-refractivity contribution in [1.82, 2.24) is 4.90 Å². The second kappa shape index (κ2) is 7.30. The molecule has 0 atom stereocenters. The topological polar surface area (TPSA) is 15.3 Å². The Morgan fingerprint density at radius 3 is 2.50 bits per heavy atom. The molecule has 0 amide bonds. The molecule has 2 aromatic rings. The van der Waals surface area contributed by atoms with Crippen molar-refractivity contribution in [3.8, 4) is 0 Å². The Labute approximate surface area is 138 Å². The van der Waals surface area contributed by atoms with Gasteiger partial charge in [0, 0.05) is 35.7 Å². The Morgan fingerprint density at radius 2 is 1.86 bits per heavy atom. The summed E-state index contributed by atoms with van der Waals surface area (Å²) in [4.78, 5) is 4.13. The molecule has 0 radical (unpaired) electrons. The first-order valence-corrected chi connectivity index (χ1v) is 9.26. The minimum Gasteiger partial charge on any atom is -0.380 e. The SMILES string of the molecule is CCC1(Nc2ccccc2)CCN(CCc2cccs2)CC1. The second-order valence-electron chi connectivity index (χ2n) is 6.30. The lowest BCUT2D eigenvalue weighted by atomic mass is 9.84. The molecule has 3 rings (SSSR count). The lowest BCUT2D eigenvalue weighted by Gasteiger charge is -2.42. The van der Waals surface area contributed by atoms with Crippen molar-refractivity contribution in [2.24, 2.45) is 0 Å². The monoisotopic (exact) mass is 314 g/mol. The second-order valence-corrected chi connectivity index (χ2v) is 7.33. The van der Waals surface area contributed by atoms with Gasteiger partial charge in [0.25, 0.3) is 0 Å². The third-order valence-electron chi connectivity index (χ3n) is 4.93. The molecule has 2 heterocycles. The molecule has 1 aliphatic rings. The maximum absolute atomic E-state index is 3.81. The first-order chi connectivity index (χ1) is 10.8. The Kier molecular flexibility index (Phi) is 5.16. The number of rotatable bonds is 6. The van der Waals surface area contributed by atoms with E-state index < -0.39 is 0 Å². The summed E-state index contributed by atoms with van der Waals surface area (Å²) >= 11 is 1.88. The molecule has 1 aromatic heterocycles. The van der Waals surface area contributed by atoms with Crippen LogP contribution in [0.15, 0.2) is 47.8 Å². The molecule has 0 aliphatic carbocycles. The van der Waals surface area contributed by atoms with Crippen molar-refractivity contribution in [2.75, 3.05) is 25.0 Å². The largest absolute Gasteiger partial charge is 0.380 e. The minimum atomic E-state index is 0.279. The number of para-hydroxylation sites is 1. The molecular formula is C19H26N2S. The van der Waals surface area contributed by atoms with Gasteiger partial charge in [-0.3, -0.25) is 0 Å². The number of piperidine rings is 1. The third kappa shape index (κ3) is 3.90. The van der Waals surface area contributed by atoms with Gasteiger partial charge in [-0.1, -0.05) is 31.2 Å². The molecule has 1 saturated heterocycles. The molecule has 1 N–H and O–H groups in total. The normalized spacial score (nSPS) is 18.2. The van der Waals surface area contributed by atoms with Crippen LogP contribution in [0.5, 0.6) is 0 Å². The third-order valence-corrected chi connectivity index (χ3v) is 5.86. The van der Waals surface area contributed by atoms with E-state index in [4.69, 9.17) is 0 Å². The van der Waals surface area contributed by atoms with Gasteiger partial charge < -0.3 is 10.2 Å². The molecule has 3 heteroatoms. The van der Waals surface area contributed by atoms with Crippen LogP contribution in [0.25, 0.3) is 0 Å². The number of hydrogen-bond acceptors (Lipinski definition) is 3. The number of thiophene rings is 1. The molecule has 1 aliphatic heterocycles. The van der Waals surface area contributed by atoms with Crippen molar-refractivity contribution in [2.45, 2.75) is 38.1 Å². The average molecular weight is 314 g/mol. The maximum atomic E-state index is 3.81. The Balaban J connectivity index is 1.52. The zero-order chi connectivity index (χ0) is 15.3. The number of likely N-dealkylation sites (tertiary alicyclic amines) is 1. The molecule has 2 nitrogen and oxygen atoms in total. The summed E-state index contributed by atoms with van der Waals surface area (Å²) in [6.07, 6.45) is 4.87. The van der Waals surface area contributed by atoms with Crippen LogP contribution in [0.4, 0.5) is 5.69 Å². The fourth-order valence-electron chi connectivity index (χ4n) is 3.32. The summed E-state index contributed by atoms with van der Waals surface area (Å²) in [5.41, 5.74) is 1.54. The maximum Gasteiger partial charge on any atom is 0.0395 e. The van der Waals surface area contributed by atoms with Crippen LogP contribution in [0, 0.1) is 0 Å². The summed E-state index contributed by atoms with van der Waals surface area (Å²) in [5, 5.41) is 5.99. The molecule has 0 bridgehead atoms. The van der Waals surface area contributed by atoms with Crippen molar-refractivity contribution in [3.63, 3.8) is 0 Å². The van der Waals surface area contributed by atoms with Gasteiger partial charge in [-0.2, -0.15) is 0 Å². The fourth-order valence-corrected chi connectivity index (χ4v) is 4.02. The van der Waals surface area contributed by atoms with Crippen molar-refractivity contribution >= 4 is 17.0 Å². The van der Waals surface area contributed by atoms with Gasteiger partial charge in [0.1, 0.15) is 0 Å². The van der Waals surface area contributed by atoms with Crippen molar-refractivity contribution in [1.29, 1.82) is 0 Å². The summed E-state index contributed by atoms with van der Waals surface area (Å²) in [5.74, 6) is 0. The van der Waals surface area contributed by atoms with Gasteiger partial charge in [0.2, 0.25) is 0 Å². The van der Waals surface area contributed by atoms with Crippen LogP contribution in [-0.2, 0) is 6.42 Å². The predicted octanol–water partition coefficient (Wildman–Crippen LogP) is 4.65. The Morgan fingerprint density at radius 1 is 1.09 bits per heavy atom. The number of hydrogen-bond donors (Lipinski definition) is 1. The number of nitrogens with one attached hydrogen (secondary N) is 1. The lowest BCUT2D eigenvalue weighted by Crippen LogP contribution is -2.49. The number of benzene rings is 1. The lowest BCUT2D eigenvalue weighted by molar-refractivity contribution is 0.172. The van der Waals surface area contributed by atoms with Gasteiger partial charge in [0.05, 0.1) is 0 Å².